The lowest BCUT2D eigenvalue weighted by Crippen LogP contribution is -2.49. The van der Waals surface area contributed by atoms with Gasteiger partial charge < -0.3 is 10.1 Å². The Bertz CT molecular complexity index is 408. The van der Waals surface area contributed by atoms with Gasteiger partial charge >= 0.3 is 0 Å². The van der Waals surface area contributed by atoms with E-state index < -0.39 is 0 Å². The Morgan fingerprint density at radius 1 is 1.14 bits per heavy atom. The molecule has 0 radical (unpaired) electrons. The Labute approximate surface area is 128 Å². The summed E-state index contributed by atoms with van der Waals surface area (Å²) in [6.07, 6.45) is 6.58. The minimum absolute atomic E-state index is 0.696. The number of methoxy groups -OCH3 is 1. The second-order valence-corrected chi connectivity index (χ2v) is 6.50. The second kappa shape index (κ2) is 7.39. The summed E-state index contributed by atoms with van der Waals surface area (Å²) in [4.78, 5) is 2.75. The molecule has 0 aliphatic carbocycles. The third kappa shape index (κ3) is 3.85. The minimum Gasteiger partial charge on any atom is -0.385 e. The van der Waals surface area contributed by atoms with Crippen LogP contribution in [0.2, 0.25) is 0 Å². The van der Waals surface area contributed by atoms with Crippen LogP contribution in [-0.4, -0.2) is 43.3 Å². The average molecular weight is 288 g/mol. The quantitative estimate of drug-likeness (QED) is 0.781. The molecule has 0 saturated carbocycles. The van der Waals surface area contributed by atoms with Crippen molar-refractivity contribution < 1.29 is 4.74 Å². The summed E-state index contributed by atoms with van der Waals surface area (Å²) in [6, 6.07) is 13.0. The maximum Gasteiger partial charge on any atom is 0.0474 e. The van der Waals surface area contributed by atoms with Crippen molar-refractivity contribution in [3.63, 3.8) is 0 Å². The summed E-state index contributed by atoms with van der Waals surface area (Å²) in [5, 5.41) is 3.78. The minimum atomic E-state index is 0.696. The van der Waals surface area contributed by atoms with Gasteiger partial charge in [0.25, 0.3) is 0 Å². The molecule has 1 aromatic rings. The molecule has 0 amide bonds. The zero-order valence-corrected chi connectivity index (χ0v) is 13.1. The van der Waals surface area contributed by atoms with Crippen LogP contribution in [0.25, 0.3) is 0 Å². The highest BCUT2D eigenvalue weighted by molar-refractivity contribution is 5.14. The molecule has 2 aliphatic heterocycles. The van der Waals surface area contributed by atoms with E-state index in [0.29, 0.717) is 6.04 Å². The Balaban J connectivity index is 1.47. The molecule has 2 heterocycles. The Morgan fingerprint density at radius 2 is 1.86 bits per heavy atom. The molecule has 116 valence electrons. The second-order valence-electron chi connectivity index (χ2n) is 6.50. The molecule has 21 heavy (non-hydrogen) atoms. The molecule has 0 spiro atoms. The zero-order chi connectivity index (χ0) is 14.5. The van der Waals surface area contributed by atoms with Gasteiger partial charge in [-0.1, -0.05) is 30.3 Å². The van der Waals surface area contributed by atoms with Crippen LogP contribution < -0.4 is 5.32 Å². The zero-order valence-electron chi connectivity index (χ0n) is 13.1. The van der Waals surface area contributed by atoms with E-state index in [1.54, 1.807) is 7.11 Å². The molecule has 3 heteroatoms. The highest BCUT2D eigenvalue weighted by Crippen LogP contribution is 2.35. The molecule has 2 bridgehead atoms. The molecular weight excluding hydrogens is 260 g/mol. The summed E-state index contributed by atoms with van der Waals surface area (Å²) >= 11 is 0. The summed E-state index contributed by atoms with van der Waals surface area (Å²) in [6.45, 7) is 3.12. The van der Waals surface area contributed by atoms with Gasteiger partial charge in [0, 0.05) is 44.9 Å². The van der Waals surface area contributed by atoms with Gasteiger partial charge in [0.05, 0.1) is 0 Å². The van der Waals surface area contributed by atoms with Crippen molar-refractivity contribution in [3.05, 3.63) is 35.9 Å². The van der Waals surface area contributed by atoms with E-state index in [1.165, 1.54) is 44.2 Å². The fourth-order valence-electron chi connectivity index (χ4n) is 4.06. The number of hydrogen-bond acceptors (Lipinski definition) is 3. The number of ether oxygens (including phenoxy) is 1. The van der Waals surface area contributed by atoms with E-state index in [4.69, 9.17) is 4.74 Å². The van der Waals surface area contributed by atoms with Crippen molar-refractivity contribution in [2.75, 3.05) is 20.3 Å². The summed E-state index contributed by atoms with van der Waals surface area (Å²) in [5.41, 5.74) is 1.40. The van der Waals surface area contributed by atoms with E-state index in [1.807, 2.05) is 0 Å². The lowest BCUT2D eigenvalue weighted by atomic mass is 9.97. The fourth-order valence-corrected chi connectivity index (χ4v) is 4.06. The number of rotatable bonds is 7. The Kier molecular flexibility index (Phi) is 5.28. The first-order valence-corrected chi connectivity index (χ1v) is 8.39. The average Bonchev–Trinajstić information content (AvgIpc) is 2.76. The largest absolute Gasteiger partial charge is 0.385 e. The van der Waals surface area contributed by atoms with E-state index in [9.17, 15) is 0 Å². The van der Waals surface area contributed by atoms with Crippen LogP contribution in [0.15, 0.2) is 30.3 Å². The lowest BCUT2D eigenvalue weighted by Gasteiger charge is -2.39. The third-order valence-electron chi connectivity index (χ3n) is 5.09. The van der Waals surface area contributed by atoms with Crippen molar-refractivity contribution in [2.24, 2.45) is 0 Å². The summed E-state index contributed by atoms with van der Waals surface area (Å²) in [7, 11) is 1.80. The van der Waals surface area contributed by atoms with Gasteiger partial charge in [0.15, 0.2) is 0 Å². The maximum atomic E-state index is 5.19. The summed E-state index contributed by atoms with van der Waals surface area (Å²) in [5.74, 6) is 0. The molecule has 2 fully saturated rings. The van der Waals surface area contributed by atoms with Gasteiger partial charge in [-0.25, -0.2) is 0 Å². The monoisotopic (exact) mass is 288 g/mol. The first-order chi connectivity index (χ1) is 10.4. The predicted molar refractivity (Wildman–Crippen MR) is 86.3 cm³/mol. The molecule has 1 aromatic carbocycles. The van der Waals surface area contributed by atoms with Crippen molar-refractivity contribution >= 4 is 0 Å². The van der Waals surface area contributed by atoms with Crippen LogP contribution in [0.1, 0.15) is 37.7 Å². The van der Waals surface area contributed by atoms with Crippen molar-refractivity contribution in [3.8, 4) is 0 Å². The van der Waals surface area contributed by atoms with Gasteiger partial charge in [-0.15, -0.1) is 0 Å². The van der Waals surface area contributed by atoms with Crippen LogP contribution in [0.5, 0.6) is 0 Å². The van der Waals surface area contributed by atoms with Crippen molar-refractivity contribution in [1.29, 1.82) is 0 Å². The number of nitrogens with one attached hydrogen (secondary N) is 1. The highest BCUT2D eigenvalue weighted by atomic mass is 16.5. The standard InChI is InChI=1S/C18H28N2O/c1-21-11-5-10-20-17-8-9-18(20)13-16(12-17)19-14-15-6-3-2-4-7-15/h2-4,6-7,16-19H,5,8-14H2,1H3. The molecule has 2 aliphatic rings. The SMILES string of the molecule is COCCCN1C2CCC1CC(NCc1ccccc1)C2. The van der Waals surface area contributed by atoms with Gasteiger partial charge in [-0.05, 0) is 37.7 Å². The Morgan fingerprint density at radius 3 is 2.52 bits per heavy atom. The molecule has 2 unspecified atom stereocenters. The fraction of sp³-hybridized carbons (Fsp3) is 0.667. The van der Waals surface area contributed by atoms with Crippen molar-refractivity contribution in [1.82, 2.24) is 10.2 Å². The molecule has 3 nitrogen and oxygen atoms in total. The Hall–Kier alpha value is -0.900. The smallest absolute Gasteiger partial charge is 0.0474 e. The first-order valence-electron chi connectivity index (χ1n) is 8.39. The van der Waals surface area contributed by atoms with Crippen LogP contribution in [0.4, 0.5) is 0 Å². The van der Waals surface area contributed by atoms with Crippen LogP contribution in [0, 0.1) is 0 Å². The maximum absolute atomic E-state index is 5.19. The van der Waals surface area contributed by atoms with Gasteiger partial charge in [-0.3, -0.25) is 4.90 Å². The van der Waals surface area contributed by atoms with Gasteiger partial charge in [0.1, 0.15) is 0 Å². The number of nitrogens with zero attached hydrogens (tertiary/aromatic N) is 1. The van der Waals surface area contributed by atoms with Gasteiger partial charge in [-0.2, -0.15) is 0 Å². The topological polar surface area (TPSA) is 24.5 Å². The number of hydrogen-bond donors (Lipinski definition) is 1. The van der Waals surface area contributed by atoms with Crippen molar-refractivity contribution in [2.45, 2.75) is 56.8 Å². The molecule has 3 rings (SSSR count). The lowest BCUT2D eigenvalue weighted by molar-refractivity contribution is 0.0994. The molecule has 1 N–H and O–H groups in total. The molecule has 2 saturated heterocycles. The normalized spacial score (nSPS) is 28.9. The van der Waals surface area contributed by atoms with E-state index in [2.05, 4.69) is 40.5 Å². The van der Waals surface area contributed by atoms with E-state index in [0.717, 1.165) is 25.2 Å². The van der Waals surface area contributed by atoms with E-state index in [-0.39, 0.29) is 0 Å². The third-order valence-corrected chi connectivity index (χ3v) is 5.09. The number of piperidine rings is 1. The van der Waals surface area contributed by atoms with Crippen LogP contribution in [0.3, 0.4) is 0 Å². The number of benzene rings is 1. The predicted octanol–water partition coefficient (Wildman–Crippen LogP) is 2.81. The highest BCUT2D eigenvalue weighted by Gasteiger charge is 2.39. The first kappa shape index (κ1) is 15.0. The molecule has 0 aromatic heterocycles. The molecule has 2 atom stereocenters. The van der Waals surface area contributed by atoms with E-state index >= 15 is 0 Å². The van der Waals surface area contributed by atoms with Gasteiger partial charge in [0.2, 0.25) is 0 Å². The van der Waals surface area contributed by atoms with Crippen LogP contribution in [-0.2, 0) is 11.3 Å². The number of fused-ring (bicyclic) bond motifs is 2. The molecular formula is C18H28N2O. The van der Waals surface area contributed by atoms with Crippen LogP contribution >= 0.6 is 0 Å². The summed E-state index contributed by atoms with van der Waals surface area (Å²) < 4.78 is 5.19.